The quantitative estimate of drug-likeness (QED) is 0.0344. The van der Waals surface area contributed by atoms with Gasteiger partial charge in [0.2, 0.25) is 0 Å². The molecule has 0 aliphatic rings. The van der Waals surface area contributed by atoms with E-state index in [-0.39, 0.29) is 24.5 Å². The van der Waals surface area contributed by atoms with Crippen LogP contribution in [0.2, 0.25) is 0 Å². The van der Waals surface area contributed by atoms with Crippen molar-refractivity contribution in [2.75, 3.05) is 26.1 Å². The first kappa shape index (κ1) is 53.9. The number of ether oxygens (including phenoxy) is 2. The molecule has 0 aromatic rings. The van der Waals surface area contributed by atoms with Crippen LogP contribution >= 0.6 is 0 Å². The highest BCUT2D eigenvalue weighted by atomic mass is 32.2. The SMILES string of the molecule is CCCCCCCCC(CCCCCC)COC(=O)CCCCCC(CCCCCC(=O)OCC(CCCCCC)CCCCCCCC)COS(C)(=O)=O. The van der Waals surface area contributed by atoms with E-state index in [9.17, 15) is 18.0 Å². The molecule has 0 saturated heterocycles. The Morgan fingerprint density at radius 3 is 0.945 bits per heavy atom. The lowest BCUT2D eigenvalue weighted by molar-refractivity contribution is -0.146. The molecule has 0 aromatic heterocycles. The van der Waals surface area contributed by atoms with E-state index in [2.05, 4.69) is 27.7 Å². The van der Waals surface area contributed by atoms with Crippen molar-refractivity contribution >= 4 is 22.1 Å². The topological polar surface area (TPSA) is 96.0 Å². The van der Waals surface area contributed by atoms with Crippen LogP contribution in [-0.4, -0.2) is 46.4 Å². The highest BCUT2D eigenvalue weighted by molar-refractivity contribution is 7.85. The molecule has 328 valence electrons. The Kier molecular flexibility index (Phi) is 38.8. The van der Waals surface area contributed by atoms with Crippen LogP contribution in [0.3, 0.4) is 0 Å². The Morgan fingerprint density at radius 1 is 0.382 bits per heavy atom. The van der Waals surface area contributed by atoms with Crippen LogP contribution in [0.5, 0.6) is 0 Å². The molecular weight excluding hydrogens is 709 g/mol. The first-order chi connectivity index (χ1) is 26.6. The van der Waals surface area contributed by atoms with E-state index < -0.39 is 10.1 Å². The molecular formula is C47H92O7S. The average Bonchev–Trinajstić information content (AvgIpc) is 3.16. The number of hydrogen-bond donors (Lipinski definition) is 0. The zero-order chi connectivity index (χ0) is 40.7. The zero-order valence-corrected chi connectivity index (χ0v) is 38.0. The second-order valence-corrected chi connectivity index (χ2v) is 18.6. The number of carbonyl (C=O) groups excluding carboxylic acids is 2. The van der Waals surface area contributed by atoms with Gasteiger partial charge < -0.3 is 9.47 Å². The molecule has 7 nitrogen and oxygen atoms in total. The molecule has 0 rings (SSSR count). The van der Waals surface area contributed by atoms with Gasteiger partial charge in [0.15, 0.2) is 0 Å². The van der Waals surface area contributed by atoms with Gasteiger partial charge in [0.1, 0.15) is 0 Å². The van der Waals surface area contributed by atoms with E-state index in [1.165, 1.54) is 128 Å². The zero-order valence-electron chi connectivity index (χ0n) is 37.2. The fourth-order valence-electron chi connectivity index (χ4n) is 7.62. The van der Waals surface area contributed by atoms with Gasteiger partial charge in [-0.1, -0.05) is 182 Å². The van der Waals surface area contributed by atoms with Crippen molar-refractivity contribution in [3.63, 3.8) is 0 Å². The minimum absolute atomic E-state index is 0.0858. The van der Waals surface area contributed by atoms with Crippen molar-refractivity contribution in [1.29, 1.82) is 0 Å². The molecule has 0 aliphatic carbocycles. The summed E-state index contributed by atoms with van der Waals surface area (Å²) in [6, 6.07) is 0. The minimum Gasteiger partial charge on any atom is -0.465 e. The smallest absolute Gasteiger partial charge is 0.305 e. The van der Waals surface area contributed by atoms with Gasteiger partial charge in [0.05, 0.1) is 26.1 Å². The number of rotatable bonds is 43. The Morgan fingerprint density at radius 2 is 0.636 bits per heavy atom. The van der Waals surface area contributed by atoms with Gasteiger partial charge in [0.25, 0.3) is 10.1 Å². The lowest BCUT2D eigenvalue weighted by atomic mass is 9.94. The summed E-state index contributed by atoms with van der Waals surface area (Å²) in [4.78, 5) is 25.2. The molecule has 0 fully saturated rings. The molecule has 8 heteroatoms. The standard InChI is InChI=1S/C47H92O7S/c1-6-10-14-18-20-26-34-43(32-24-16-12-8-3)40-52-46(48)38-30-22-28-36-45(42-54-55(5,50)51)37-29-23-31-39-47(49)53-41-44(33-25-17-13-9-4)35-27-21-19-15-11-7-2/h43-45H,6-42H2,1-5H3. The summed E-state index contributed by atoms with van der Waals surface area (Å²) in [6.45, 7) is 10.3. The summed E-state index contributed by atoms with van der Waals surface area (Å²) in [5.74, 6) is 0.921. The second kappa shape index (κ2) is 39.7. The summed E-state index contributed by atoms with van der Waals surface area (Å²) >= 11 is 0. The Balaban J connectivity index is 4.50. The summed E-state index contributed by atoms with van der Waals surface area (Å²) in [6.07, 6.45) is 39.1. The summed E-state index contributed by atoms with van der Waals surface area (Å²) in [5.41, 5.74) is 0. The predicted octanol–water partition coefficient (Wildman–Crippen LogP) is 14.2. The third-order valence-corrected chi connectivity index (χ3v) is 11.9. The van der Waals surface area contributed by atoms with Gasteiger partial charge >= 0.3 is 11.9 Å². The molecule has 2 unspecified atom stereocenters. The number of esters is 2. The normalized spacial score (nSPS) is 13.5. The highest BCUT2D eigenvalue weighted by Gasteiger charge is 2.16. The van der Waals surface area contributed by atoms with Gasteiger partial charge in [-0.3, -0.25) is 13.8 Å². The Hall–Kier alpha value is -1.15. The Bertz CT molecular complexity index is 895. The summed E-state index contributed by atoms with van der Waals surface area (Å²) in [7, 11) is -3.50. The highest BCUT2D eigenvalue weighted by Crippen LogP contribution is 2.23. The fourth-order valence-corrected chi connectivity index (χ4v) is 8.06. The molecule has 0 N–H and O–H groups in total. The molecule has 0 aromatic carbocycles. The first-order valence-corrected chi connectivity index (χ1v) is 25.6. The maximum absolute atomic E-state index is 12.6. The third kappa shape index (κ3) is 39.5. The number of carbonyl (C=O) groups is 2. The van der Waals surface area contributed by atoms with Crippen LogP contribution in [-0.2, 0) is 33.4 Å². The van der Waals surface area contributed by atoms with Crippen LogP contribution in [0.25, 0.3) is 0 Å². The van der Waals surface area contributed by atoms with Crippen molar-refractivity contribution in [2.45, 2.75) is 246 Å². The van der Waals surface area contributed by atoms with E-state index in [0.717, 1.165) is 83.3 Å². The number of unbranched alkanes of at least 4 members (excludes halogenated alkanes) is 20. The van der Waals surface area contributed by atoms with Crippen LogP contribution in [0.1, 0.15) is 246 Å². The molecule has 0 bridgehead atoms. The lowest BCUT2D eigenvalue weighted by Gasteiger charge is -2.18. The molecule has 0 saturated carbocycles. The third-order valence-electron chi connectivity index (χ3n) is 11.3. The molecule has 0 amide bonds. The molecule has 0 aliphatic heterocycles. The van der Waals surface area contributed by atoms with Crippen LogP contribution in [0, 0.1) is 17.8 Å². The minimum atomic E-state index is -3.50. The van der Waals surface area contributed by atoms with Crippen molar-refractivity contribution in [2.24, 2.45) is 17.8 Å². The van der Waals surface area contributed by atoms with Crippen molar-refractivity contribution in [3.05, 3.63) is 0 Å². The molecule has 2 atom stereocenters. The molecule has 0 spiro atoms. The monoisotopic (exact) mass is 801 g/mol. The maximum atomic E-state index is 12.6. The molecule has 0 radical (unpaired) electrons. The van der Waals surface area contributed by atoms with Crippen molar-refractivity contribution in [3.8, 4) is 0 Å². The average molecular weight is 801 g/mol. The van der Waals surface area contributed by atoms with Crippen molar-refractivity contribution < 1.29 is 31.7 Å². The van der Waals surface area contributed by atoms with Crippen LogP contribution in [0.4, 0.5) is 0 Å². The first-order valence-electron chi connectivity index (χ1n) is 23.8. The largest absolute Gasteiger partial charge is 0.465 e. The predicted molar refractivity (Wildman–Crippen MR) is 233 cm³/mol. The van der Waals surface area contributed by atoms with Gasteiger partial charge in [0, 0.05) is 12.8 Å². The number of hydrogen-bond acceptors (Lipinski definition) is 7. The van der Waals surface area contributed by atoms with Crippen LogP contribution < -0.4 is 0 Å². The van der Waals surface area contributed by atoms with Crippen LogP contribution in [0.15, 0.2) is 0 Å². The molecule has 0 heterocycles. The summed E-state index contributed by atoms with van der Waals surface area (Å²) in [5, 5.41) is 0. The van der Waals surface area contributed by atoms with E-state index in [1.54, 1.807) is 0 Å². The van der Waals surface area contributed by atoms with Gasteiger partial charge in [-0.05, 0) is 69.1 Å². The Labute approximate surface area is 342 Å². The van der Waals surface area contributed by atoms with E-state index >= 15 is 0 Å². The van der Waals surface area contributed by atoms with Crippen molar-refractivity contribution in [1.82, 2.24) is 0 Å². The van der Waals surface area contributed by atoms with Gasteiger partial charge in [-0.15, -0.1) is 0 Å². The van der Waals surface area contributed by atoms with E-state index in [0.29, 0.717) is 37.9 Å². The van der Waals surface area contributed by atoms with Gasteiger partial charge in [-0.2, -0.15) is 8.42 Å². The fraction of sp³-hybridized carbons (Fsp3) is 0.957. The van der Waals surface area contributed by atoms with E-state index in [1.807, 2.05) is 0 Å². The lowest BCUT2D eigenvalue weighted by Crippen LogP contribution is -2.15. The molecule has 55 heavy (non-hydrogen) atoms. The second-order valence-electron chi connectivity index (χ2n) is 17.0. The maximum Gasteiger partial charge on any atom is 0.305 e. The summed E-state index contributed by atoms with van der Waals surface area (Å²) < 4.78 is 40.2. The van der Waals surface area contributed by atoms with E-state index in [4.69, 9.17) is 13.7 Å². The van der Waals surface area contributed by atoms with Gasteiger partial charge in [-0.25, -0.2) is 0 Å².